The van der Waals surface area contributed by atoms with Crippen molar-refractivity contribution < 1.29 is 22.5 Å². The van der Waals surface area contributed by atoms with Crippen molar-refractivity contribution in [2.24, 2.45) is 5.41 Å². The molecule has 0 fully saturated rings. The number of rotatable bonds is 9. The number of hydrogen-bond acceptors (Lipinski definition) is 5. The van der Waals surface area contributed by atoms with Crippen molar-refractivity contribution in [2.45, 2.75) is 33.6 Å². The molecule has 0 aromatic heterocycles. The van der Waals surface area contributed by atoms with Crippen LogP contribution in [0.5, 0.6) is 0 Å². The predicted molar refractivity (Wildman–Crippen MR) is 73.4 cm³/mol. The van der Waals surface area contributed by atoms with Gasteiger partial charge in [0.05, 0.1) is 17.8 Å². The van der Waals surface area contributed by atoms with Crippen LogP contribution in [0.2, 0.25) is 0 Å². The molecule has 7 heteroatoms. The molecule has 108 valence electrons. The summed E-state index contributed by atoms with van der Waals surface area (Å²) in [7, 11) is -3.97. The van der Waals surface area contributed by atoms with Gasteiger partial charge in [-0.3, -0.25) is 9.35 Å². The van der Waals surface area contributed by atoms with Gasteiger partial charge in [0.2, 0.25) is 0 Å². The van der Waals surface area contributed by atoms with Gasteiger partial charge in [-0.1, -0.05) is 6.92 Å². The van der Waals surface area contributed by atoms with E-state index in [1.165, 1.54) is 0 Å². The molecule has 0 aliphatic carbocycles. The van der Waals surface area contributed by atoms with Gasteiger partial charge in [-0.2, -0.15) is 20.2 Å². The van der Waals surface area contributed by atoms with Gasteiger partial charge in [0.25, 0.3) is 10.1 Å². The average molecular weight is 298 g/mol. The Kier molecular flexibility index (Phi) is 7.89. The van der Waals surface area contributed by atoms with E-state index >= 15 is 0 Å². The second-order valence-corrected chi connectivity index (χ2v) is 7.39. The second kappa shape index (κ2) is 8.01. The largest absolute Gasteiger partial charge is 0.465 e. The SMILES string of the molecule is CCCSCC(C)(C)C(=O)OCCCS(=O)(=O)O. The fourth-order valence-corrected chi connectivity index (χ4v) is 2.68. The fourth-order valence-electron chi connectivity index (χ4n) is 1.13. The van der Waals surface area contributed by atoms with Crippen LogP contribution in [-0.2, 0) is 19.6 Å². The van der Waals surface area contributed by atoms with E-state index in [-0.39, 0.29) is 24.7 Å². The van der Waals surface area contributed by atoms with Crippen molar-refractivity contribution in [1.29, 1.82) is 0 Å². The van der Waals surface area contributed by atoms with Crippen molar-refractivity contribution in [2.75, 3.05) is 23.9 Å². The maximum atomic E-state index is 11.7. The summed E-state index contributed by atoms with van der Waals surface area (Å²) in [5.41, 5.74) is -0.572. The molecule has 0 aromatic carbocycles. The molecule has 1 N–H and O–H groups in total. The first kappa shape index (κ1) is 17.7. The zero-order chi connectivity index (χ0) is 14.2. The number of thioether (sulfide) groups is 1. The van der Waals surface area contributed by atoms with Crippen molar-refractivity contribution in [3.8, 4) is 0 Å². The van der Waals surface area contributed by atoms with Crippen LogP contribution in [0.15, 0.2) is 0 Å². The van der Waals surface area contributed by atoms with Gasteiger partial charge < -0.3 is 4.74 Å². The number of esters is 1. The molecule has 0 spiro atoms. The van der Waals surface area contributed by atoms with Crippen molar-refractivity contribution >= 4 is 27.8 Å². The van der Waals surface area contributed by atoms with E-state index in [9.17, 15) is 13.2 Å². The highest BCUT2D eigenvalue weighted by Crippen LogP contribution is 2.23. The highest BCUT2D eigenvalue weighted by molar-refractivity contribution is 7.99. The van der Waals surface area contributed by atoms with Crippen molar-refractivity contribution in [1.82, 2.24) is 0 Å². The Labute approximate surface area is 113 Å². The van der Waals surface area contributed by atoms with Crippen molar-refractivity contribution in [3.05, 3.63) is 0 Å². The van der Waals surface area contributed by atoms with E-state index < -0.39 is 15.5 Å². The molecule has 0 radical (unpaired) electrons. The third-order valence-electron chi connectivity index (χ3n) is 2.14. The number of hydrogen-bond donors (Lipinski definition) is 1. The lowest BCUT2D eigenvalue weighted by atomic mass is 9.97. The minimum absolute atomic E-state index is 0.0144. The molecule has 0 saturated carbocycles. The van der Waals surface area contributed by atoms with Crippen LogP contribution < -0.4 is 0 Å². The van der Waals surface area contributed by atoms with Crippen LogP contribution in [0.3, 0.4) is 0 Å². The van der Waals surface area contributed by atoms with Gasteiger partial charge in [-0.25, -0.2) is 0 Å². The molecule has 0 atom stereocenters. The Bertz CT molecular complexity index is 348. The molecule has 0 rings (SSSR count). The molecular formula is C11H22O5S2. The summed E-state index contributed by atoms with van der Waals surface area (Å²) in [6, 6.07) is 0. The lowest BCUT2D eigenvalue weighted by Gasteiger charge is -2.21. The highest BCUT2D eigenvalue weighted by Gasteiger charge is 2.29. The Morgan fingerprint density at radius 2 is 2.00 bits per heavy atom. The van der Waals surface area contributed by atoms with E-state index in [1.54, 1.807) is 25.6 Å². The molecule has 0 aliphatic rings. The molecule has 0 bridgehead atoms. The Hall–Kier alpha value is -0.270. The summed E-state index contributed by atoms with van der Waals surface area (Å²) < 4.78 is 34.4. The molecule has 18 heavy (non-hydrogen) atoms. The highest BCUT2D eigenvalue weighted by atomic mass is 32.2. The topological polar surface area (TPSA) is 80.7 Å². The third kappa shape index (κ3) is 8.77. The fraction of sp³-hybridized carbons (Fsp3) is 0.909. The molecular weight excluding hydrogens is 276 g/mol. The summed E-state index contributed by atoms with van der Waals surface area (Å²) in [4.78, 5) is 11.7. The van der Waals surface area contributed by atoms with Crippen LogP contribution in [0.25, 0.3) is 0 Å². The second-order valence-electron chi connectivity index (χ2n) is 4.71. The van der Waals surface area contributed by atoms with Gasteiger partial charge in [0.1, 0.15) is 0 Å². The first-order valence-electron chi connectivity index (χ1n) is 5.89. The van der Waals surface area contributed by atoms with Gasteiger partial charge in [-0.05, 0) is 32.4 Å². The molecule has 0 aromatic rings. The number of carbonyl (C=O) groups is 1. The lowest BCUT2D eigenvalue weighted by molar-refractivity contribution is -0.152. The molecule has 0 heterocycles. The summed E-state index contributed by atoms with van der Waals surface area (Å²) in [6.45, 7) is 5.70. The normalized spacial score (nSPS) is 12.4. The minimum atomic E-state index is -3.97. The molecule has 0 amide bonds. The van der Waals surface area contributed by atoms with E-state index in [2.05, 4.69) is 6.92 Å². The average Bonchev–Trinajstić information content (AvgIpc) is 2.23. The first-order valence-corrected chi connectivity index (χ1v) is 8.65. The monoisotopic (exact) mass is 298 g/mol. The van der Waals surface area contributed by atoms with E-state index in [0.717, 1.165) is 12.2 Å². The molecule has 0 saturated heterocycles. The van der Waals surface area contributed by atoms with Gasteiger partial charge >= 0.3 is 5.97 Å². The van der Waals surface area contributed by atoms with Crippen LogP contribution in [0, 0.1) is 5.41 Å². The first-order chi connectivity index (χ1) is 8.19. The molecule has 5 nitrogen and oxygen atoms in total. The van der Waals surface area contributed by atoms with Crippen LogP contribution >= 0.6 is 11.8 Å². The Morgan fingerprint density at radius 1 is 1.39 bits per heavy atom. The van der Waals surface area contributed by atoms with Crippen LogP contribution in [0.4, 0.5) is 0 Å². The molecule has 0 aliphatic heterocycles. The number of ether oxygens (including phenoxy) is 1. The minimum Gasteiger partial charge on any atom is -0.465 e. The third-order valence-corrected chi connectivity index (χ3v) is 4.57. The zero-order valence-corrected chi connectivity index (χ0v) is 12.8. The van der Waals surface area contributed by atoms with Crippen LogP contribution in [0.1, 0.15) is 33.6 Å². The van der Waals surface area contributed by atoms with Gasteiger partial charge in [0, 0.05) is 5.75 Å². The maximum Gasteiger partial charge on any atom is 0.312 e. The smallest absolute Gasteiger partial charge is 0.312 e. The van der Waals surface area contributed by atoms with Gasteiger partial charge in [-0.15, -0.1) is 0 Å². The van der Waals surface area contributed by atoms with E-state index in [4.69, 9.17) is 9.29 Å². The standard InChI is InChI=1S/C11H22O5S2/c1-4-7-17-9-11(2,3)10(12)16-6-5-8-18(13,14)15/h4-9H2,1-3H3,(H,13,14,15). The summed E-state index contributed by atoms with van der Waals surface area (Å²) in [5, 5.41) is 0. The predicted octanol–water partition coefficient (Wildman–Crippen LogP) is 1.98. The quantitative estimate of drug-likeness (QED) is 0.398. The lowest BCUT2D eigenvalue weighted by Crippen LogP contribution is -2.29. The Morgan fingerprint density at radius 3 is 2.50 bits per heavy atom. The van der Waals surface area contributed by atoms with Gasteiger partial charge in [0.15, 0.2) is 0 Å². The summed E-state index contributed by atoms with van der Waals surface area (Å²) in [6.07, 6.45) is 1.17. The number of carbonyl (C=O) groups excluding carboxylic acids is 1. The van der Waals surface area contributed by atoms with E-state index in [1.807, 2.05) is 0 Å². The zero-order valence-electron chi connectivity index (χ0n) is 11.1. The maximum absolute atomic E-state index is 11.7. The summed E-state index contributed by atoms with van der Waals surface area (Å²) >= 11 is 1.70. The Balaban J connectivity index is 3.92. The summed E-state index contributed by atoms with van der Waals surface area (Å²) in [5.74, 6) is 0.962. The molecule has 0 unspecified atom stereocenters. The van der Waals surface area contributed by atoms with Crippen LogP contribution in [-0.4, -0.2) is 42.8 Å². The van der Waals surface area contributed by atoms with E-state index in [0.29, 0.717) is 5.75 Å². The van der Waals surface area contributed by atoms with Crippen molar-refractivity contribution in [3.63, 3.8) is 0 Å².